The second kappa shape index (κ2) is 11.6. The van der Waals surface area contributed by atoms with Gasteiger partial charge < -0.3 is 20.7 Å². The number of carbonyl (C=O) groups excluding carboxylic acids is 2. The minimum atomic E-state index is -0.633. The molecule has 6 heteroatoms. The smallest absolute Gasteiger partial charge is 0.244 e. The fourth-order valence-electron chi connectivity index (χ4n) is 3.89. The fraction of sp³-hybridized carbons (Fsp3) is 0.385. The van der Waals surface area contributed by atoms with Gasteiger partial charge >= 0.3 is 0 Å². The van der Waals surface area contributed by atoms with Gasteiger partial charge in [0.1, 0.15) is 6.04 Å². The van der Waals surface area contributed by atoms with Crippen LogP contribution < -0.4 is 16.0 Å². The topological polar surface area (TPSA) is 79.5 Å². The van der Waals surface area contributed by atoms with Crippen LogP contribution in [0.4, 0.5) is 0 Å². The molecular formula is C26H33N3O3. The zero-order valence-corrected chi connectivity index (χ0v) is 18.8. The lowest BCUT2D eigenvalue weighted by molar-refractivity contribution is -0.127. The molecule has 2 unspecified atom stereocenters. The Morgan fingerprint density at radius 2 is 1.62 bits per heavy atom. The highest BCUT2D eigenvalue weighted by Gasteiger charge is 2.34. The van der Waals surface area contributed by atoms with E-state index in [1.54, 1.807) is 13.0 Å². The van der Waals surface area contributed by atoms with Crippen LogP contribution in [0.2, 0.25) is 0 Å². The Morgan fingerprint density at radius 1 is 1.00 bits per heavy atom. The van der Waals surface area contributed by atoms with Crippen LogP contribution in [0.5, 0.6) is 0 Å². The number of ether oxygens (including phenoxy) is 1. The summed E-state index contributed by atoms with van der Waals surface area (Å²) >= 11 is 0. The monoisotopic (exact) mass is 435 g/mol. The molecule has 0 radical (unpaired) electrons. The molecule has 3 rings (SSSR count). The quantitative estimate of drug-likeness (QED) is 0.529. The molecule has 1 fully saturated rings. The van der Waals surface area contributed by atoms with Gasteiger partial charge in [-0.15, -0.1) is 0 Å². The number of carbonyl (C=O) groups is 2. The van der Waals surface area contributed by atoms with Crippen LogP contribution in [-0.4, -0.2) is 43.2 Å². The maximum atomic E-state index is 12.7. The normalized spacial score (nSPS) is 17.4. The van der Waals surface area contributed by atoms with E-state index in [2.05, 4.69) is 35.0 Å². The Bertz CT molecular complexity index is 893. The largest absolute Gasteiger partial charge is 0.381 e. The fourth-order valence-corrected chi connectivity index (χ4v) is 3.89. The number of benzene rings is 2. The van der Waals surface area contributed by atoms with Crippen LogP contribution >= 0.6 is 0 Å². The predicted molar refractivity (Wildman–Crippen MR) is 127 cm³/mol. The first-order chi connectivity index (χ1) is 15.5. The lowest BCUT2D eigenvalue weighted by atomic mass is 9.88. The van der Waals surface area contributed by atoms with E-state index in [9.17, 15) is 9.59 Å². The van der Waals surface area contributed by atoms with Crippen molar-refractivity contribution in [2.75, 3.05) is 19.8 Å². The number of nitrogens with one attached hydrogen (secondary N) is 3. The summed E-state index contributed by atoms with van der Waals surface area (Å²) in [6.45, 7) is 5.62. The van der Waals surface area contributed by atoms with Crippen LogP contribution in [-0.2, 0) is 14.3 Å². The summed E-state index contributed by atoms with van der Waals surface area (Å²) in [4.78, 5) is 24.9. The second-order valence-corrected chi connectivity index (χ2v) is 8.36. The minimum absolute atomic E-state index is 0.145. The molecule has 3 N–H and O–H groups in total. The van der Waals surface area contributed by atoms with Gasteiger partial charge in [0.05, 0.1) is 0 Å². The molecule has 1 aliphatic heterocycles. The van der Waals surface area contributed by atoms with Gasteiger partial charge in [0.15, 0.2) is 0 Å². The van der Waals surface area contributed by atoms with E-state index < -0.39 is 6.04 Å². The molecule has 2 atom stereocenters. The van der Waals surface area contributed by atoms with Crippen LogP contribution in [0.1, 0.15) is 43.9 Å². The van der Waals surface area contributed by atoms with E-state index in [0.717, 1.165) is 18.4 Å². The van der Waals surface area contributed by atoms with Crippen LogP contribution in [0.3, 0.4) is 0 Å². The van der Waals surface area contributed by atoms with Gasteiger partial charge in [-0.1, -0.05) is 60.7 Å². The first kappa shape index (κ1) is 23.7. The van der Waals surface area contributed by atoms with Crippen molar-refractivity contribution in [2.45, 2.75) is 44.3 Å². The third kappa shape index (κ3) is 7.04. The molecule has 2 amide bonds. The molecule has 6 nitrogen and oxygen atoms in total. The molecule has 32 heavy (non-hydrogen) atoms. The Labute approximate surface area is 190 Å². The number of amides is 2. The maximum Gasteiger partial charge on any atom is 0.244 e. The summed E-state index contributed by atoms with van der Waals surface area (Å²) in [6.07, 6.45) is 4.80. The summed E-state index contributed by atoms with van der Waals surface area (Å²) in [7, 11) is 0. The molecule has 0 aliphatic carbocycles. The van der Waals surface area contributed by atoms with E-state index in [1.807, 2.05) is 48.5 Å². The Kier molecular flexibility index (Phi) is 8.59. The average Bonchev–Trinajstić information content (AvgIpc) is 2.83. The van der Waals surface area contributed by atoms with Crippen LogP contribution in [0.25, 0.3) is 6.08 Å². The highest BCUT2D eigenvalue weighted by Crippen LogP contribution is 2.25. The van der Waals surface area contributed by atoms with E-state index in [1.165, 1.54) is 11.6 Å². The molecule has 170 valence electrons. The highest BCUT2D eigenvalue weighted by atomic mass is 16.5. The molecule has 1 saturated heterocycles. The third-order valence-electron chi connectivity index (χ3n) is 5.85. The summed E-state index contributed by atoms with van der Waals surface area (Å²) in [5.41, 5.74) is 1.88. The van der Waals surface area contributed by atoms with Crippen molar-refractivity contribution in [3.8, 4) is 0 Å². The van der Waals surface area contributed by atoms with E-state index in [0.29, 0.717) is 19.8 Å². The first-order valence-electron chi connectivity index (χ1n) is 11.2. The van der Waals surface area contributed by atoms with Crippen molar-refractivity contribution in [1.82, 2.24) is 16.0 Å². The Morgan fingerprint density at radius 3 is 2.28 bits per heavy atom. The van der Waals surface area contributed by atoms with Gasteiger partial charge in [-0.25, -0.2) is 0 Å². The molecule has 1 aliphatic rings. The lowest BCUT2D eigenvalue weighted by Crippen LogP contribution is -2.58. The zero-order chi connectivity index (χ0) is 22.8. The summed E-state index contributed by atoms with van der Waals surface area (Å²) < 4.78 is 5.56. The Hall–Kier alpha value is -2.96. The molecule has 0 bridgehead atoms. The predicted octanol–water partition coefficient (Wildman–Crippen LogP) is 3.22. The van der Waals surface area contributed by atoms with E-state index in [-0.39, 0.29) is 23.4 Å². The maximum absolute atomic E-state index is 12.7. The van der Waals surface area contributed by atoms with Gasteiger partial charge in [-0.3, -0.25) is 9.59 Å². The molecule has 2 aromatic carbocycles. The average molecular weight is 436 g/mol. The summed E-state index contributed by atoms with van der Waals surface area (Å²) in [5.74, 6) is -0.500. The zero-order valence-electron chi connectivity index (χ0n) is 18.8. The summed E-state index contributed by atoms with van der Waals surface area (Å²) in [6, 6.07) is 19.3. The van der Waals surface area contributed by atoms with Gasteiger partial charge in [0.2, 0.25) is 11.8 Å². The second-order valence-electron chi connectivity index (χ2n) is 8.36. The molecule has 1 heterocycles. The van der Waals surface area contributed by atoms with Gasteiger partial charge in [-0.05, 0) is 43.9 Å². The van der Waals surface area contributed by atoms with Crippen molar-refractivity contribution >= 4 is 17.9 Å². The number of rotatable bonds is 9. The third-order valence-corrected chi connectivity index (χ3v) is 5.85. The van der Waals surface area contributed by atoms with E-state index >= 15 is 0 Å². The summed E-state index contributed by atoms with van der Waals surface area (Å²) in [5, 5.41) is 9.50. The van der Waals surface area contributed by atoms with Crippen molar-refractivity contribution in [3.63, 3.8) is 0 Å². The minimum Gasteiger partial charge on any atom is -0.381 e. The first-order valence-corrected chi connectivity index (χ1v) is 11.2. The van der Waals surface area contributed by atoms with Crippen molar-refractivity contribution in [1.29, 1.82) is 0 Å². The molecule has 2 aromatic rings. The van der Waals surface area contributed by atoms with Gasteiger partial charge in [0.25, 0.3) is 0 Å². The van der Waals surface area contributed by atoms with Crippen molar-refractivity contribution in [3.05, 3.63) is 77.9 Å². The van der Waals surface area contributed by atoms with E-state index in [4.69, 9.17) is 4.74 Å². The van der Waals surface area contributed by atoms with Crippen LogP contribution in [0.15, 0.2) is 66.7 Å². The Balaban J connectivity index is 1.54. The van der Waals surface area contributed by atoms with Crippen LogP contribution in [0, 0.1) is 0 Å². The molecule has 0 saturated carbocycles. The van der Waals surface area contributed by atoms with Crippen molar-refractivity contribution in [2.24, 2.45) is 0 Å². The number of hydrogen-bond donors (Lipinski definition) is 3. The van der Waals surface area contributed by atoms with Crippen molar-refractivity contribution < 1.29 is 14.3 Å². The number of hydrogen-bond acceptors (Lipinski definition) is 4. The molecule has 0 spiro atoms. The molecule has 0 aromatic heterocycles. The van der Waals surface area contributed by atoms with Gasteiger partial charge in [-0.2, -0.15) is 0 Å². The lowest BCUT2D eigenvalue weighted by Gasteiger charge is -2.40. The SMILES string of the molecule is CC(NC(=O)C=Cc1ccccc1)C(=O)NCC1(NC(C)c2ccccc2)CCOCC1. The van der Waals surface area contributed by atoms with Gasteiger partial charge in [0, 0.05) is 37.4 Å². The highest BCUT2D eigenvalue weighted by molar-refractivity contribution is 5.95. The standard InChI is InChI=1S/C26H33N3O3/c1-20(23-11-7-4-8-12-23)29-26(15-17-32-18-16-26)19-27-25(31)21(2)28-24(30)14-13-22-9-5-3-6-10-22/h3-14,20-21,29H,15-19H2,1-2H3,(H,27,31)(H,28,30). The molecular weight excluding hydrogens is 402 g/mol.